The van der Waals surface area contributed by atoms with E-state index < -0.39 is 0 Å². The van der Waals surface area contributed by atoms with Gasteiger partial charge < -0.3 is 10.4 Å². The highest BCUT2D eigenvalue weighted by atomic mass is 32.2. The van der Waals surface area contributed by atoms with Crippen LogP contribution in [-0.2, 0) is 0 Å². The van der Waals surface area contributed by atoms with E-state index in [9.17, 15) is 4.79 Å². The fourth-order valence-corrected chi connectivity index (χ4v) is 2.14. The lowest BCUT2D eigenvalue weighted by atomic mass is 10.2. The van der Waals surface area contributed by atoms with Crippen molar-refractivity contribution < 1.29 is 9.90 Å². The van der Waals surface area contributed by atoms with Crippen LogP contribution in [0.2, 0.25) is 0 Å². The minimum atomic E-state index is -0.230. The summed E-state index contributed by atoms with van der Waals surface area (Å²) in [5.74, 6) is 0.0959. The van der Waals surface area contributed by atoms with Crippen molar-refractivity contribution >= 4 is 17.7 Å². The molecular formula is C13H16N2O2S. The third kappa shape index (κ3) is 4.06. The highest BCUT2D eigenvalue weighted by Crippen LogP contribution is 2.22. The average Bonchev–Trinajstić information content (AvgIpc) is 2.42. The molecule has 0 aromatic heterocycles. The summed E-state index contributed by atoms with van der Waals surface area (Å²) in [4.78, 5) is 12.8. The Labute approximate surface area is 111 Å². The van der Waals surface area contributed by atoms with Crippen molar-refractivity contribution in [2.24, 2.45) is 0 Å². The Morgan fingerprint density at radius 2 is 2.28 bits per heavy atom. The second kappa shape index (κ2) is 7.75. The van der Waals surface area contributed by atoms with Crippen molar-refractivity contribution in [3.8, 4) is 6.07 Å². The number of benzene rings is 1. The molecule has 0 aliphatic heterocycles. The molecular weight excluding hydrogens is 248 g/mol. The topological polar surface area (TPSA) is 73.1 Å². The van der Waals surface area contributed by atoms with Gasteiger partial charge in [0.25, 0.3) is 5.91 Å². The lowest BCUT2D eigenvalue weighted by molar-refractivity contribution is 0.0912. The summed E-state index contributed by atoms with van der Waals surface area (Å²) in [6, 6.07) is 8.96. The van der Waals surface area contributed by atoms with Crippen LogP contribution in [0.25, 0.3) is 0 Å². The maximum Gasteiger partial charge on any atom is 0.252 e. The van der Waals surface area contributed by atoms with Crippen LogP contribution in [0.1, 0.15) is 23.7 Å². The van der Waals surface area contributed by atoms with E-state index in [1.54, 1.807) is 12.1 Å². The Morgan fingerprint density at radius 3 is 2.89 bits per heavy atom. The molecule has 1 amide bonds. The van der Waals surface area contributed by atoms with E-state index in [2.05, 4.69) is 5.32 Å². The standard InChI is InChI=1S/C13H16N2O2S/c1-2-10(9-16)15-13(17)11-5-3-4-6-12(11)18-8-7-14/h3-6,10,16H,2,8-9H2,1H3,(H,15,17). The second-order valence-electron chi connectivity index (χ2n) is 3.70. The van der Waals surface area contributed by atoms with Crippen molar-refractivity contribution in [3.05, 3.63) is 29.8 Å². The van der Waals surface area contributed by atoms with E-state index in [1.807, 2.05) is 25.1 Å². The van der Waals surface area contributed by atoms with Crippen molar-refractivity contribution in [3.63, 3.8) is 0 Å². The first-order chi connectivity index (χ1) is 8.72. The fraction of sp³-hybridized carbons (Fsp3) is 0.385. The van der Waals surface area contributed by atoms with Crippen LogP contribution in [0.4, 0.5) is 0 Å². The van der Waals surface area contributed by atoms with Crippen LogP contribution in [0.3, 0.4) is 0 Å². The molecule has 0 heterocycles. The molecule has 1 atom stereocenters. The molecule has 1 rings (SSSR count). The van der Waals surface area contributed by atoms with Gasteiger partial charge in [-0.1, -0.05) is 19.1 Å². The van der Waals surface area contributed by atoms with Crippen molar-refractivity contribution in [1.82, 2.24) is 5.32 Å². The SMILES string of the molecule is CCC(CO)NC(=O)c1ccccc1SCC#N. The number of carbonyl (C=O) groups is 1. The summed E-state index contributed by atoms with van der Waals surface area (Å²) >= 11 is 1.33. The van der Waals surface area contributed by atoms with Gasteiger partial charge in [-0.2, -0.15) is 5.26 Å². The number of rotatable bonds is 6. The maximum absolute atomic E-state index is 12.0. The number of nitriles is 1. The van der Waals surface area contributed by atoms with Crippen LogP contribution < -0.4 is 5.32 Å². The highest BCUT2D eigenvalue weighted by molar-refractivity contribution is 7.99. The normalized spacial score (nSPS) is 11.6. The number of thioether (sulfide) groups is 1. The molecule has 1 aromatic rings. The number of amides is 1. The highest BCUT2D eigenvalue weighted by Gasteiger charge is 2.14. The summed E-state index contributed by atoms with van der Waals surface area (Å²) in [6.45, 7) is 1.83. The first-order valence-electron chi connectivity index (χ1n) is 5.73. The predicted octanol–water partition coefficient (Wildman–Crippen LogP) is 1.80. The van der Waals surface area contributed by atoms with Crippen LogP contribution >= 0.6 is 11.8 Å². The lowest BCUT2D eigenvalue weighted by Gasteiger charge is -2.15. The monoisotopic (exact) mass is 264 g/mol. The Hall–Kier alpha value is -1.51. The van der Waals surface area contributed by atoms with Crippen molar-refractivity contribution in [1.29, 1.82) is 5.26 Å². The number of carbonyl (C=O) groups excluding carboxylic acids is 1. The zero-order valence-electron chi connectivity index (χ0n) is 10.2. The Kier molecular flexibility index (Phi) is 6.26. The molecule has 0 spiro atoms. The van der Waals surface area contributed by atoms with Gasteiger partial charge in [0.15, 0.2) is 0 Å². The van der Waals surface area contributed by atoms with Gasteiger partial charge in [-0.25, -0.2) is 0 Å². The molecule has 1 unspecified atom stereocenters. The molecule has 4 nitrogen and oxygen atoms in total. The molecule has 2 N–H and O–H groups in total. The molecule has 0 radical (unpaired) electrons. The van der Waals surface area contributed by atoms with Crippen LogP contribution in [-0.4, -0.2) is 29.4 Å². The Morgan fingerprint density at radius 1 is 1.56 bits per heavy atom. The largest absolute Gasteiger partial charge is 0.394 e. The molecule has 0 aliphatic rings. The third-order valence-electron chi connectivity index (χ3n) is 2.47. The molecule has 18 heavy (non-hydrogen) atoms. The minimum Gasteiger partial charge on any atom is -0.394 e. The number of nitrogens with zero attached hydrogens (tertiary/aromatic N) is 1. The Balaban J connectivity index is 2.81. The number of hydrogen-bond donors (Lipinski definition) is 2. The third-order valence-corrected chi connectivity index (χ3v) is 3.41. The lowest BCUT2D eigenvalue weighted by Crippen LogP contribution is -2.37. The number of nitrogens with one attached hydrogen (secondary N) is 1. The number of hydrogen-bond acceptors (Lipinski definition) is 4. The second-order valence-corrected chi connectivity index (χ2v) is 4.72. The predicted molar refractivity (Wildman–Crippen MR) is 71.4 cm³/mol. The zero-order valence-corrected chi connectivity index (χ0v) is 11.0. The van der Waals surface area contributed by atoms with E-state index >= 15 is 0 Å². The van der Waals surface area contributed by atoms with E-state index in [1.165, 1.54) is 11.8 Å². The van der Waals surface area contributed by atoms with Crippen LogP contribution in [0.15, 0.2) is 29.2 Å². The van der Waals surface area contributed by atoms with Gasteiger partial charge in [-0.05, 0) is 18.6 Å². The summed E-state index contributed by atoms with van der Waals surface area (Å²) in [7, 11) is 0. The molecule has 0 saturated carbocycles. The first kappa shape index (κ1) is 14.6. The van der Waals surface area contributed by atoms with Crippen molar-refractivity contribution in [2.75, 3.05) is 12.4 Å². The summed E-state index contributed by atoms with van der Waals surface area (Å²) < 4.78 is 0. The average molecular weight is 264 g/mol. The van der Waals surface area contributed by atoms with Crippen LogP contribution in [0, 0.1) is 11.3 Å². The van der Waals surface area contributed by atoms with Gasteiger partial charge in [-0.3, -0.25) is 4.79 Å². The number of aliphatic hydroxyl groups excluding tert-OH is 1. The number of aliphatic hydroxyl groups is 1. The molecule has 1 aromatic carbocycles. The molecule has 0 bridgehead atoms. The van der Waals surface area contributed by atoms with Gasteiger partial charge in [0.2, 0.25) is 0 Å². The summed E-state index contributed by atoms with van der Waals surface area (Å²) in [5, 5.41) is 20.4. The van der Waals surface area contributed by atoms with E-state index in [0.717, 1.165) is 4.90 Å². The molecule has 0 fully saturated rings. The quantitative estimate of drug-likeness (QED) is 0.768. The zero-order chi connectivity index (χ0) is 13.4. The fourth-order valence-electron chi connectivity index (χ4n) is 1.43. The van der Waals surface area contributed by atoms with Gasteiger partial charge in [0.1, 0.15) is 0 Å². The van der Waals surface area contributed by atoms with Crippen molar-refractivity contribution in [2.45, 2.75) is 24.3 Å². The van der Waals surface area contributed by atoms with E-state index in [-0.39, 0.29) is 18.6 Å². The summed E-state index contributed by atoms with van der Waals surface area (Å²) in [5.41, 5.74) is 0.546. The van der Waals surface area contributed by atoms with Gasteiger partial charge in [-0.15, -0.1) is 11.8 Å². The van der Waals surface area contributed by atoms with E-state index in [0.29, 0.717) is 17.7 Å². The molecule has 0 saturated heterocycles. The van der Waals surface area contributed by atoms with E-state index in [4.69, 9.17) is 10.4 Å². The maximum atomic E-state index is 12.0. The van der Waals surface area contributed by atoms with Gasteiger partial charge >= 0.3 is 0 Å². The first-order valence-corrected chi connectivity index (χ1v) is 6.72. The minimum absolute atomic E-state index is 0.0737. The van der Waals surface area contributed by atoms with Gasteiger partial charge in [0, 0.05) is 4.90 Å². The molecule has 5 heteroatoms. The van der Waals surface area contributed by atoms with Gasteiger partial charge in [0.05, 0.1) is 30.0 Å². The Bertz CT molecular complexity index is 439. The molecule has 96 valence electrons. The van der Waals surface area contributed by atoms with Crippen LogP contribution in [0.5, 0.6) is 0 Å². The summed E-state index contributed by atoms with van der Waals surface area (Å²) in [6.07, 6.45) is 0.676. The molecule has 0 aliphatic carbocycles. The smallest absolute Gasteiger partial charge is 0.252 e.